The molecule has 0 amide bonds. The fourth-order valence-corrected chi connectivity index (χ4v) is 3.63. The molecule has 2 heterocycles. The third-order valence-electron chi connectivity index (χ3n) is 4.77. The maximum absolute atomic E-state index is 12.2. The van der Waals surface area contributed by atoms with E-state index in [4.69, 9.17) is 0 Å². The molecule has 0 fully saturated rings. The summed E-state index contributed by atoms with van der Waals surface area (Å²) in [5, 5.41) is 6.85. The summed E-state index contributed by atoms with van der Waals surface area (Å²) >= 11 is 0. The molecule has 130 valence electrons. The first-order chi connectivity index (χ1) is 12.6. The largest absolute Gasteiger partial charge is 0.341 e. The van der Waals surface area contributed by atoms with Crippen LogP contribution < -0.4 is 5.56 Å². The van der Waals surface area contributed by atoms with Crippen LogP contribution in [-0.2, 0) is 6.54 Å². The van der Waals surface area contributed by atoms with Gasteiger partial charge in [-0.3, -0.25) is 4.79 Å². The van der Waals surface area contributed by atoms with Crippen molar-refractivity contribution in [1.82, 2.24) is 9.24 Å². The Morgan fingerprint density at radius 1 is 0.962 bits per heavy atom. The zero-order valence-electron chi connectivity index (χ0n) is 15.2. The summed E-state index contributed by atoms with van der Waals surface area (Å²) in [4.78, 5) is 12.2. The van der Waals surface area contributed by atoms with Crippen LogP contribution in [0.2, 0.25) is 0 Å². The first-order valence-electron chi connectivity index (χ1n) is 8.84. The third-order valence-corrected chi connectivity index (χ3v) is 4.77. The molecule has 0 spiro atoms. The van der Waals surface area contributed by atoms with Gasteiger partial charge in [0.25, 0.3) is 5.56 Å². The molecule has 4 heteroatoms. The SMILES string of the molecule is CCn1c2ccccc2c2cc(/C=N/n3c(C)cc(C)cc3=O)ccc21. The lowest BCUT2D eigenvalue weighted by molar-refractivity contribution is 0.791. The van der Waals surface area contributed by atoms with Crippen molar-refractivity contribution in [2.45, 2.75) is 27.3 Å². The molecule has 0 N–H and O–H groups in total. The number of aryl methyl sites for hydroxylation is 3. The number of hydrogen-bond acceptors (Lipinski definition) is 2. The van der Waals surface area contributed by atoms with Crippen LogP contribution >= 0.6 is 0 Å². The molecule has 26 heavy (non-hydrogen) atoms. The Balaban J connectivity index is 1.84. The third kappa shape index (κ3) is 2.64. The van der Waals surface area contributed by atoms with Gasteiger partial charge >= 0.3 is 0 Å². The zero-order chi connectivity index (χ0) is 18.3. The Morgan fingerprint density at radius 3 is 2.50 bits per heavy atom. The van der Waals surface area contributed by atoms with E-state index in [0.717, 1.165) is 23.4 Å². The molecule has 4 rings (SSSR count). The van der Waals surface area contributed by atoms with Gasteiger partial charge in [-0.25, -0.2) is 4.68 Å². The molecular weight excluding hydrogens is 322 g/mol. The Morgan fingerprint density at radius 2 is 1.73 bits per heavy atom. The molecular formula is C22H21N3O. The number of pyridine rings is 1. The topological polar surface area (TPSA) is 39.3 Å². The minimum absolute atomic E-state index is 0.109. The van der Waals surface area contributed by atoms with Crippen molar-refractivity contribution in [1.29, 1.82) is 0 Å². The van der Waals surface area contributed by atoms with Gasteiger partial charge in [-0.15, -0.1) is 0 Å². The smallest absolute Gasteiger partial charge is 0.271 e. The van der Waals surface area contributed by atoms with Gasteiger partial charge in [0, 0.05) is 40.1 Å². The molecule has 2 aromatic heterocycles. The van der Waals surface area contributed by atoms with E-state index in [-0.39, 0.29) is 5.56 Å². The summed E-state index contributed by atoms with van der Waals surface area (Å²) in [6, 6.07) is 18.3. The number of fused-ring (bicyclic) bond motifs is 3. The monoisotopic (exact) mass is 343 g/mol. The van der Waals surface area contributed by atoms with Crippen molar-refractivity contribution in [3.63, 3.8) is 0 Å². The highest BCUT2D eigenvalue weighted by Crippen LogP contribution is 2.29. The predicted octanol–water partition coefficient (Wildman–Crippen LogP) is 4.48. The normalized spacial score (nSPS) is 11.8. The van der Waals surface area contributed by atoms with Crippen LogP contribution in [0.1, 0.15) is 23.7 Å². The van der Waals surface area contributed by atoms with Crippen molar-refractivity contribution < 1.29 is 0 Å². The van der Waals surface area contributed by atoms with Crippen molar-refractivity contribution in [3.8, 4) is 0 Å². The average molecular weight is 343 g/mol. The highest BCUT2D eigenvalue weighted by Gasteiger charge is 2.09. The van der Waals surface area contributed by atoms with E-state index in [2.05, 4.69) is 53.0 Å². The lowest BCUT2D eigenvalue weighted by Gasteiger charge is -2.04. The number of para-hydroxylation sites is 1. The fourth-order valence-electron chi connectivity index (χ4n) is 3.63. The van der Waals surface area contributed by atoms with E-state index in [1.165, 1.54) is 26.5 Å². The molecule has 0 saturated heterocycles. The standard InChI is InChI=1S/C22H21N3O/c1-4-24-20-8-6-5-7-18(20)19-13-17(9-10-21(19)24)14-23-25-16(3)11-15(2)12-22(25)26/h5-14H,4H2,1-3H3/b23-14+. The van der Waals surface area contributed by atoms with Crippen LogP contribution in [0.5, 0.6) is 0 Å². The summed E-state index contributed by atoms with van der Waals surface area (Å²) in [5.41, 5.74) is 5.10. The van der Waals surface area contributed by atoms with Crippen molar-refractivity contribution >= 4 is 28.0 Å². The molecule has 0 unspecified atom stereocenters. The van der Waals surface area contributed by atoms with Gasteiger partial charge in [-0.05, 0) is 56.2 Å². The van der Waals surface area contributed by atoms with E-state index >= 15 is 0 Å². The van der Waals surface area contributed by atoms with Crippen molar-refractivity contribution in [2.24, 2.45) is 5.10 Å². The van der Waals surface area contributed by atoms with Crippen LogP contribution in [0, 0.1) is 13.8 Å². The molecule has 2 aromatic carbocycles. The van der Waals surface area contributed by atoms with E-state index < -0.39 is 0 Å². The van der Waals surface area contributed by atoms with Crippen LogP contribution in [-0.4, -0.2) is 15.5 Å². The minimum Gasteiger partial charge on any atom is -0.341 e. The molecule has 0 bridgehead atoms. The summed E-state index contributed by atoms with van der Waals surface area (Å²) in [6.45, 7) is 6.90. The average Bonchev–Trinajstić information content (AvgIpc) is 2.94. The summed E-state index contributed by atoms with van der Waals surface area (Å²) in [5.74, 6) is 0. The van der Waals surface area contributed by atoms with E-state index in [1.807, 2.05) is 26.0 Å². The van der Waals surface area contributed by atoms with Gasteiger partial charge in [0.1, 0.15) is 0 Å². The number of rotatable bonds is 3. The molecule has 4 aromatic rings. The highest BCUT2D eigenvalue weighted by atomic mass is 16.1. The second-order valence-corrected chi connectivity index (χ2v) is 6.61. The number of aromatic nitrogens is 2. The second-order valence-electron chi connectivity index (χ2n) is 6.61. The summed E-state index contributed by atoms with van der Waals surface area (Å²) in [6.07, 6.45) is 1.75. The Bertz CT molecular complexity index is 1210. The Labute approximate surface area is 152 Å². The van der Waals surface area contributed by atoms with Gasteiger partial charge in [0.2, 0.25) is 0 Å². The summed E-state index contributed by atoms with van der Waals surface area (Å²) in [7, 11) is 0. The quantitative estimate of drug-likeness (QED) is 0.506. The van der Waals surface area contributed by atoms with Gasteiger partial charge in [-0.1, -0.05) is 24.3 Å². The van der Waals surface area contributed by atoms with E-state index in [0.29, 0.717) is 0 Å². The molecule has 0 aliphatic carbocycles. The minimum atomic E-state index is -0.109. The first kappa shape index (κ1) is 16.3. The van der Waals surface area contributed by atoms with E-state index in [1.54, 1.807) is 12.3 Å². The molecule has 0 aliphatic heterocycles. The van der Waals surface area contributed by atoms with Crippen LogP contribution in [0.25, 0.3) is 21.8 Å². The zero-order valence-corrected chi connectivity index (χ0v) is 15.2. The van der Waals surface area contributed by atoms with Crippen molar-refractivity contribution in [2.75, 3.05) is 0 Å². The maximum atomic E-state index is 12.2. The predicted molar refractivity (Wildman–Crippen MR) is 108 cm³/mol. The molecule has 0 saturated carbocycles. The fraction of sp³-hybridized carbons (Fsp3) is 0.182. The van der Waals surface area contributed by atoms with Crippen LogP contribution in [0.15, 0.2) is 64.5 Å². The summed E-state index contributed by atoms with van der Waals surface area (Å²) < 4.78 is 3.76. The van der Waals surface area contributed by atoms with Gasteiger partial charge in [0.05, 0.1) is 6.21 Å². The van der Waals surface area contributed by atoms with Crippen molar-refractivity contribution in [3.05, 3.63) is 81.8 Å². The lowest BCUT2D eigenvalue weighted by atomic mass is 10.1. The van der Waals surface area contributed by atoms with Gasteiger partial charge in [0.15, 0.2) is 0 Å². The molecule has 0 aliphatic rings. The van der Waals surface area contributed by atoms with E-state index in [9.17, 15) is 4.79 Å². The van der Waals surface area contributed by atoms with Gasteiger partial charge in [-0.2, -0.15) is 5.10 Å². The van der Waals surface area contributed by atoms with Gasteiger partial charge < -0.3 is 4.57 Å². The maximum Gasteiger partial charge on any atom is 0.271 e. The second kappa shape index (κ2) is 6.30. The number of benzene rings is 2. The Hall–Kier alpha value is -3.14. The molecule has 0 atom stereocenters. The Kier molecular flexibility index (Phi) is 3.96. The number of hydrogen-bond donors (Lipinski definition) is 0. The first-order valence-corrected chi connectivity index (χ1v) is 8.84. The molecule has 0 radical (unpaired) electrons. The van der Waals surface area contributed by atoms with Crippen LogP contribution in [0.4, 0.5) is 0 Å². The number of nitrogens with zero attached hydrogens (tertiary/aromatic N) is 3. The van der Waals surface area contributed by atoms with Crippen LogP contribution in [0.3, 0.4) is 0 Å². The lowest BCUT2D eigenvalue weighted by Crippen LogP contribution is -2.18. The highest BCUT2D eigenvalue weighted by molar-refractivity contribution is 6.09. The molecule has 4 nitrogen and oxygen atoms in total.